The van der Waals surface area contributed by atoms with E-state index in [-0.39, 0.29) is 5.78 Å². The highest BCUT2D eigenvalue weighted by molar-refractivity contribution is 6.06. The Morgan fingerprint density at radius 3 is 2.33 bits per heavy atom. The number of carbonyl (C=O) groups is 2. The van der Waals surface area contributed by atoms with Gasteiger partial charge in [0.25, 0.3) is 0 Å². The van der Waals surface area contributed by atoms with E-state index in [0.717, 1.165) is 12.2 Å². The SMILES string of the molecule is CC(C)COc1ccc(C(=O)/C=C/C(=O)O)cc1. The molecule has 0 radical (unpaired) electrons. The van der Waals surface area contributed by atoms with Gasteiger partial charge in [-0.3, -0.25) is 4.79 Å². The minimum Gasteiger partial charge on any atom is -0.493 e. The lowest BCUT2D eigenvalue weighted by atomic mass is 10.1. The van der Waals surface area contributed by atoms with E-state index < -0.39 is 5.97 Å². The number of aliphatic carboxylic acids is 1. The Morgan fingerprint density at radius 1 is 1.22 bits per heavy atom. The van der Waals surface area contributed by atoms with Gasteiger partial charge in [0.2, 0.25) is 0 Å². The number of rotatable bonds is 6. The van der Waals surface area contributed by atoms with Crippen molar-refractivity contribution in [2.45, 2.75) is 13.8 Å². The van der Waals surface area contributed by atoms with Crippen LogP contribution in [0, 0.1) is 5.92 Å². The van der Waals surface area contributed by atoms with Crippen molar-refractivity contribution < 1.29 is 19.4 Å². The number of carbonyl (C=O) groups excluding carboxylic acids is 1. The zero-order valence-electron chi connectivity index (χ0n) is 10.4. The smallest absolute Gasteiger partial charge is 0.328 e. The van der Waals surface area contributed by atoms with E-state index in [2.05, 4.69) is 13.8 Å². The zero-order valence-corrected chi connectivity index (χ0v) is 10.4. The fourth-order valence-corrected chi connectivity index (χ4v) is 1.22. The van der Waals surface area contributed by atoms with E-state index in [9.17, 15) is 9.59 Å². The standard InChI is InChI=1S/C14H16O4/c1-10(2)9-18-12-5-3-11(4-6-12)13(15)7-8-14(16)17/h3-8,10H,9H2,1-2H3,(H,16,17)/b8-7+. The molecule has 0 bridgehead atoms. The van der Waals surface area contributed by atoms with Gasteiger partial charge >= 0.3 is 5.97 Å². The molecule has 0 fully saturated rings. The zero-order chi connectivity index (χ0) is 13.5. The summed E-state index contributed by atoms with van der Waals surface area (Å²) in [5.41, 5.74) is 0.435. The molecule has 0 aliphatic rings. The lowest BCUT2D eigenvalue weighted by molar-refractivity contribution is -0.131. The van der Waals surface area contributed by atoms with Crippen molar-refractivity contribution in [2.24, 2.45) is 5.92 Å². The number of ether oxygens (including phenoxy) is 1. The molecular formula is C14H16O4. The summed E-state index contributed by atoms with van der Waals surface area (Å²) in [6, 6.07) is 6.63. The van der Waals surface area contributed by atoms with Crippen molar-refractivity contribution in [3.8, 4) is 5.75 Å². The van der Waals surface area contributed by atoms with Crippen LogP contribution in [-0.2, 0) is 4.79 Å². The summed E-state index contributed by atoms with van der Waals surface area (Å²) in [5, 5.41) is 8.42. The molecule has 0 aliphatic carbocycles. The molecule has 4 heteroatoms. The topological polar surface area (TPSA) is 63.6 Å². The van der Waals surface area contributed by atoms with Gasteiger partial charge in [0, 0.05) is 11.6 Å². The largest absolute Gasteiger partial charge is 0.493 e. The lowest BCUT2D eigenvalue weighted by Crippen LogP contribution is -2.04. The molecule has 1 aromatic rings. The van der Waals surface area contributed by atoms with Crippen LogP contribution in [0.2, 0.25) is 0 Å². The first-order valence-corrected chi connectivity index (χ1v) is 5.67. The van der Waals surface area contributed by atoms with Gasteiger partial charge in [-0.2, -0.15) is 0 Å². The number of allylic oxidation sites excluding steroid dienone is 1. The quantitative estimate of drug-likeness (QED) is 0.620. The van der Waals surface area contributed by atoms with Gasteiger partial charge in [0.1, 0.15) is 5.75 Å². The van der Waals surface area contributed by atoms with E-state index in [1.165, 1.54) is 0 Å². The van der Waals surface area contributed by atoms with Crippen molar-refractivity contribution in [3.05, 3.63) is 42.0 Å². The first-order valence-electron chi connectivity index (χ1n) is 5.67. The van der Waals surface area contributed by atoms with Crippen LogP contribution in [0.1, 0.15) is 24.2 Å². The second kappa shape index (κ2) is 6.59. The molecule has 0 unspecified atom stereocenters. The van der Waals surface area contributed by atoms with Crippen LogP contribution in [-0.4, -0.2) is 23.5 Å². The Hall–Kier alpha value is -2.10. The normalized spacial score (nSPS) is 10.8. The molecule has 4 nitrogen and oxygen atoms in total. The summed E-state index contributed by atoms with van der Waals surface area (Å²) in [7, 11) is 0. The molecule has 0 saturated carbocycles. The van der Waals surface area contributed by atoms with Crippen LogP contribution in [0.3, 0.4) is 0 Å². The predicted molar refractivity (Wildman–Crippen MR) is 67.9 cm³/mol. The van der Waals surface area contributed by atoms with E-state index in [1.54, 1.807) is 24.3 Å². The van der Waals surface area contributed by atoms with E-state index in [0.29, 0.717) is 23.8 Å². The fourth-order valence-electron chi connectivity index (χ4n) is 1.22. The third-order valence-corrected chi connectivity index (χ3v) is 2.10. The molecule has 0 heterocycles. The maximum Gasteiger partial charge on any atom is 0.328 e. The third-order valence-electron chi connectivity index (χ3n) is 2.10. The molecule has 0 aromatic heterocycles. The van der Waals surface area contributed by atoms with E-state index in [1.807, 2.05) is 0 Å². The van der Waals surface area contributed by atoms with Gasteiger partial charge in [-0.25, -0.2) is 4.79 Å². The number of benzene rings is 1. The predicted octanol–water partition coefficient (Wildman–Crippen LogP) is 2.54. The van der Waals surface area contributed by atoms with Gasteiger partial charge in [-0.1, -0.05) is 13.8 Å². The monoisotopic (exact) mass is 248 g/mol. The molecule has 0 spiro atoms. The van der Waals surface area contributed by atoms with Crippen LogP contribution in [0.4, 0.5) is 0 Å². The molecule has 0 atom stereocenters. The van der Waals surface area contributed by atoms with E-state index in [4.69, 9.17) is 9.84 Å². The van der Waals surface area contributed by atoms with Gasteiger partial charge in [-0.15, -0.1) is 0 Å². The number of hydrogen-bond donors (Lipinski definition) is 1. The van der Waals surface area contributed by atoms with Gasteiger partial charge in [-0.05, 0) is 36.3 Å². The number of carboxylic acids is 1. The highest BCUT2D eigenvalue weighted by Crippen LogP contribution is 2.13. The molecular weight excluding hydrogens is 232 g/mol. The van der Waals surface area contributed by atoms with Crippen molar-refractivity contribution in [1.29, 1.82) is 0 Å². The van der Waals surface area contributed by atoms with Gasteiger partial charge in [0.05, 0.1) is 6.61 Å². The average Bonchev–Trinajstić information content (AvgIpc) is 2.34. The Kier molecular flexibility index (Phi) is 5.11. The minimum atomic E-state index is -1.14. The van der Waals surface area contributed by atoms with Gasteiger partial charge < -0.3 is 9.84 Å². The second-order valence-electron chi connectivity index (χ2n) is 4.27. The fraction of sp³-hybridized carbons (Fsp3) is 0.286. The highest BCUT2D eigenvalue weighted by Gasteiger charge is 2.03. The third kappa shape index (κ3) is 4.82. The second-order valence-corrected chi connectivity index (χ2v) is 4.27. The summed E-state index contributed by atoms with van der Waals surface area (Å²) in [6.07, 6.45) is 1.86. The summed E-state index contributed by atoms with van der Waals surface area (Å²) < 4.78 is 5.48. The molecule has 0 saturated heterocycles. The summed E-state index contributed by atoms with van der Waals surface area (Å²) in [6.45, 7) is 4.72. The van der Waals surface area contributed by atoms with Crippen molar-refractivity contribution in [1.82, 2.24) is 0 Å². The first-order chi connectivity index (χ1) is 8.49. The number of ketones is 1. The van der Waals surface area contributed by atoms with Crippen molar-refractivity contribution >= 4 is 11.8 Å². The molecule has 1 N–H and O–H groups in total. The Morgan fingerprint density at radius 2 is 1.83 bits per heavy atom. The molecule has 96 valence electrons. The van der Waals surface area contributed by atoms with Crippen molar-refractivity contribution in [3.63, 3.8) is 0 Å². The maximum absolute atomic E-state index is 11.5. The maximum atomic E-state index is 11.5. The van der Waals surface area contributed by atoms with Crippen LogP contribution < -0.4 is 4.74 Å². The Bertz CT molecular complexity index is 443. The van der Waals surface area contributed by atoms with Crippen LogP contribution in [0.25, 0.3) is 0 Å². The molecule has 0 amide bonds. The number of hydrogen-bond acceptors (Lipinski definition) is 3. The lowest BCUT2D eigenvalue weighted by Gasteiger charge is -2.08. The summed E-state index contributed by atoms with van der Waals surface area (Å²) >= 11 is 0. The highest BCUT2D eigenvalue weighted by atomic mass is 16.5. The molecule has 1 aromatic carbocycles. The molecule has 18 heavy (non-hydrogen) atoms. The summed E-state index contributed by atoms with van der Waals surface area (Å²) in [4.78, 5) is 21.8. The van der Waals surface area contributed by atoms with E-state index >= 15 is 0 Å². The van der Waals surface area contributed by atoms with Crippen molar-refractivity contribution in [2.75, 3.05) is 6.61 Å². The summed E-state index contributed by atoms with van der Waals surface area (Å²) in [5.74, 6) is -0.347. The number of carboxylic acid groups (broad SMARTS) is 1. The first kappa shape index (κ1) is 14.0. The Labute approximate surface area is 106 Å². The van der Waals surface area contributed by atoms with Crippen LogP contribution in [0.15, 0.2) is 36.4 Å². The molecule has 0 aliphatic heterocycles. The molecule has 1 rings (SSSR count). The van der Waals surface area contributed by atoms with Gasteiger partial charge in [0.15, 0.2) is 5.78 Å². The minimum absolute atomic E-state index is 0.340. The van der Waals surface area contributed by atoms with Crippen LogP contribution in [0.5, 0.6) is 5.75 Å². The Balaban J connectivity index is 2.65. The van der Waals surface area contributed by atoms with Crippen LogP contribution >= 0.6 is 0 Å². The average molecular weight is 248 g/mol.